The van der Waals surface area contributed by atoms with Crippen molar-refractivity contribution in [2.75, 3.05) is 42.6 Å². The molecule has 3 rings (SSSR count). The largest absolute Gasteiger partial charge is 0.462 e. The number of carbonyl (C=O) groups is 1. The van der Waals surface area contributed by atoms with Crippen molar-refractivity contribution in [2.45, 2.75) is 13.8 Å². The SMILES string of the molecule is CCOC(=O)c1cnc(N2CCN(c3ccc(Cl)cc3)CC2)nc1C. The standard InChI is InChI=1S/C18H21ClN4O2/c1-3-25-17(24)16-12-20-18(21-13(16)2)23-10-8-22(9-11-23)15-6-4-14(19)5-7-15/h4-7,12H,3,8-11H2,1-2H3. The monoisotopic (exact) mass is 360 g/mol. The van der Waals surface area contributed by atoms with E-state index in [1.54, 1.807) is 20.0 Å². The molecule has 0 spiro atoms. The molecule has 0 radical (unpaired) electrons. The maximum Gasteiger partial charge on any atom is 0.341 e. The highest BCUT2D eigenvalue weighted by molar-refractivity contribution is 6.30. The number of aryl methyl sites for hydroxylation is 1. The maximum atomic E-state index is 11.8. The predicted octanol–water partition coefficient (Wildman–Crippen LogP) is 2.94. The maximum absolute atomic E-state index is 11.8. The third kappa shape index (κ3) is 4.02. The van der Waals surface area contributed by atoms with Crippen LogP contribution in [-0.2, 0) is 4.74 Å². The van der Waals surface area contributed by atoms with Crippen LogP contribution in [0, 0.1) is 6.92 Å². The van der Waals surface area contributed by atoms with Gasteiger partial charge in [0.1, 0.15) is 0 Å². The normalized spacial score (nSPS) is 14.5. The summed E-state index contributed by atoms with van der Waals surface area (Å²) in [4.78, 5) is 25.1. The number of rotatable bonds is 4. The molecule has 1 saturated heterocycles. The smallest absolute Gasteiger partial charge is 0.341 e. The van der Waals surface area contributed by atoms with Gasteiger partial charge in [0.25, 0.3) is 0 Å². The summed E-state index contributed by atoms with van der Waals surface area (Å²) in [7, 11) is 0. The Hall–Kier alpha value is -2.34. The van der Waals surface area contributed by atoms with Gasteiger partial charge in [0, 0.05) is 43.1 Å². The van der Waals surface area contributed by atoms with Gasteiger partial charge in [0.15, 0.2) is 0 Å². The first kappa shape index (κ1) is 17.5. The van der Waals surface area contributed by atoms with E-state index in [0.29, 0.717) is 23.8 Å². The van der Waals surface area contributed by atoms with Gasteiger partial charge in [-0.05, 0) is 38.1 Å². The van der Waals surface area contributed by atoms with Crippen LogP contribution in [0.3, 0.4) is 0 Å². The summed E-state index contributed by atoms with van der Waals surface area (Å²) in [5.74, 6) is 0.278. The van der Waals surface area contributed by atoms with E-state index in [9.17, 15) is 4.79 Å². The topological polar surface area (TPSA) is 58.6 Å². The summed E-state index contributed by atoms with van der Waals surface area (Å²) in [6, 6.07) is 7.88. The second kappa shape index (κ2) is 7.70. The molecular formula is C18H21ClN4O2. The van der Waals surface area contributed by atoms with E-state index >= 15 is 0 Å². The molecule has 7 heteroatoms. The summed E-state index contributed by atoms with van der Waals surface area (Å²) in [5, 5.41) is 0.743. The lowest BCUT2D eigenvalue weighted by atomic mass is 10.2. The second-order valence-corrected chi connectivity index (χ2v) is 6.28. The highest BCUT2D eigenvalue weighted by Gasteiger charge is 2.21. The Bertz CT molecular complexity index is 743. The van der Waals surface area contributed by atoms with E-state index in [1.807, 2.05) is 24.3 Å². The van der Waals surface area contributed by atoms with Gasteiger partial charge in [-0.1, -0.05) is 11.6 Å². The van der Waals surface area contributed by atoms with Crippen LogP contribution in [0.2, 0.25) is 5.02 Å². The molecule has 0 saturated carbocycles. The van der Waals surface area contributed by atoms with Crippen LogP contribution < -0.4 is 9.80 Å². The van der Waals surface area contributed by atoms with Gasteiger partial charge < -0.3 is 14.5 Å². The molecule has 0 aliphatic carbocycles. The van der Waals surface area contributed by atoms with Crippen molar-refractivity contribution in [1.29, 1.82) is 0 Å². The zero-order chi connectivity index (χ0) is 17.8. The minimum atomic E-state index is -0.376. The first-order valence-electron chi connectivity index (χ1n) is 8.34. The zero-order valence-electron chi connectivity index (χ0n) is 14.4. The molecule has 6 nitrogen and oxygen atoms in total. The number of carbonyl (C=O) groups excluding carboxylic acids is 1. The number of anilines is 2. The molecule has 1 aliphatic rings. The number of aromatic nitrogens is 2. The van der Waals surface area contributed by atoms with Crippen molar-refractivity contribution < 1.29 is 9.53 Å². The van der Waals surface area contributed by atoms with Crippen molar-refractivity contribution >= 4 is 29.2 Å². The van der Waals surface area contributed by atoms with Crippen molar-refractivity contribution in [2.24, 2.45) is 0 Å². The first-order chi connectivity index (χ1) is 12.1. The molecule has 132 valence electrons. The Labute approximate surface area is 152 Å². The van der Waals surface area contributed by atoms with Gasteiger partial charge in [0.05, 0.1) is 17.9 Å². The average Bonchev–Trinajstić information content (AvgIpc) is 2.62. The highest BCUT2D eigenvalue weighted by Crippen LogP contribution is 2.21. The Balaban J connectivity index is 1.65. The van der Waals surface area contributed by atoms with Crippen LogP contribution in [0.15, 0.2) is 30.5 Å². The highest BCUT2D eigenvalue weighted by atomic mass is 35.5. The molecule has 2 aromatic rings. The number of ether oxygens (including phenoxy) is 1. The number of hydrogen-bond donors (Lipinski definition) is 0. The Morgan fingerprint density at radius 1 is 1.16 bits per heavy atom. The van der Waals surface area contributed by atoms with Gasteiger partial charge in [0.2, 0.25) is 5.95 Å². The summed E-state index contributed by atoms with van der Waals surface area (Å²) in [6.07, 6.45) is 1.56. The molecule has 1 fully saturated rings. The molecule has 0 atom stereocenters. The number of nitrogens with zero attached hydrogens (tertiary/aromatic N) is 4. The summed E-state index contributed by atoms with van der Waals surface area (Å²) in [6.45, 7) is 7.33. The fourth-order valence-corrected chi connectivity index (χ4v) is 2.96. The summed E-state index contributed by atoms with van der Waals surface area (Å²) < 4.78 is 5.02. The fraction of sp³-hybridized carbons (Fsp3) is 0.389. The molecular weight excluding hydrogens is 340 g/mol. The molecule has 25 heavy (non-hydrogen) atoms. The summed E-state index contributed by atoms with van der Waals surface area (Å²) >= 11 is 5.95. The lowest BCUT2D eigenvalue weighted by Gasteiger charge is -2.36. The molecule has 0 N–H and O–H groups in total. The lowest BCUT2D eigenvalue weighted by molar-refractivity contribution is 0.0524. The van der Waals surface area contributed by atoms with E-state index in [-0.39, 0.29) is 5.97 Å². The molecule has 1 aromatic carbocycles. The number of benzene rings is 1. The van der Waals surface area contributed by atoms with Crippen LogP contribution in [0.25, 0.3) is 0 Å². The number of halogens is 1. The second-order valence-electron chi connectivity index (χ2n) is 5.84. The Kier molecular flexibility index (Phi) is 5.38. The average molecular weight is 361 g/mol. The fourth-order valence-electron chi connectivity index (χ4n) is 2.83. The van der Waals surface area contributed by atoms with Gasteiger partial charge in [-0.2, -0.15) is 0 Å². The van der Waals surface area contributed by atoms with Gasteiger partial charge >= 0.3 is 5.97 Å². The van der Waals surface area contributed by atoms with E-state index in [1.165, 1.54) is 5.69 Å². The van der Waals surface area contributed by atoms with Crippen LogP contribution in [-0.4, -0.2) is 48.7 Å². The van der Waals surface area contributed by atoms with Gasteiger partial charge in [-0.15, -0.1) is 0 Å². The zero-order valence-corrected chi connectivity index (χ0v) is 15.2. The van der Waals surface area contributed by atoms with E-state index < -0.39 is 0 Å². The molecule has 1 aliphatic heterocycles. The minimum Gasteiger partial charge on any atom is -0.462 e. The van der Waals surface area contributed by atoms with Crippen LogP contribution in [0.5, 0.6) is 0 Å². The van der Waals surface area contributed by atoms with Crippen molar-refractivity contribution in [1.82, 2.24) is 9.97 Å². The quantitative estimate of drug-likeness (QED) is 0.781. The third-order valence-electron chi connectivity index (χ3n) is 4.22. The number of piperazine rings is 1. The van der Waals surface area contributed by atoms with Gasteiger partial charge in [-0.25, -0.2) is 14.8 Å². The predicted molar refractivity (Wildman–Crippen MR) is 98.6 cm³/mol. The molecule has 0 bridgehead atoms. The molecule has 2 heterocycles. The minimum absolute atomic E-state index is 0.340. The lowest BCUT2D eigenvalue weighted by Crippen LogP contribution is -2.47. The molecule has 0 unspecified atom stereocenters. The van der Waals surface area contributed by atoms with Gasteiger partial charge in [-0.3, -0.25) is 0 Å². The van der Waals surface area contributed by atoms with Crippen molar-refractivity contribution in [3.05, 3.63) is 46.7 Å². The third-order valence-corrected chi connectivity index (χ3v) is 4.47. The Morgan fingerprint density at radius 2 is 1.80 bits per heavy atom. The van der Waals surface area contributed by atoms with E-state index in [2.05, 4.69) is 19.8 Å². The van der Waals surface area contributed by atoms with E-state index in [0.717, 1.165) is 31.2 Å². The van der Waals surface area contributed by atoms with Crippen molar-refractivity contribution in [3.8, 4) is 0 Å². The first-order valence-corrected chi connectivity index (χ1v) is 8.72. The van der Waals surface area contributed by atoms with Crippen LogP contribution >= 0.6 is 11.6 Å². The molecule has 1 aromatic heterocycles. The van der Waals surface area contributed by atoms with Crippen LogP contribution in [0.4, 0.5) is 11.6 Å². The summed E-state index contributed by atoms with van der Waals surface area (Å²) in [5.41, 5.74) is 2.23. The van der Waals surface area contributed by atoms with Crippen LogP contribution in [0.1, 0.15) is 23.0 Å². The Morgan fingerprint density at radius 3 is 2.40 bits per heavy atom. The molecule has 0 amide bonds. The number of esters is 1. The number of hydrogen-bond acceptors (Lipinski definition) is 6. The van der Waals surface area contributed by atoms with E-state index in [4.69, 9.17) is 16.3 Å². The van der Waals surface area contributed by atoms with Crippen molar-refractivity contribution in [3.63, 3.8) is 0 Å².